The van der Waals surface area contributed by atoms with Crippen LogP contribution in [0.5, 0.6) is 0 Å². The molecule has 0 bridgehead atoms. The monoisotopic (exact) mass is 760 g/mol. The molecule has 1 aromatic heterocycles. The minimum absolute atomic E-state index is 0.0313. The number of hydrogen-bond acceptors (Lipinski definition) is 1. The number of benzene rings is 10. The van der Waals surface area contributed by atoms with Crippen molar-refractivity contribution in [3.63, 3.8) is 0 Å². The van der Waals surface area contributed by atoms with Crippen LogP contribution in [0.25, 0.3) is 108 Å². The fourth-order valence-corrected chi connectivity index (χ4v) is 10.3. The Kier molecular flexibility index (Phi) is 7.57. The molecule has 5 heteroatoms. The van der Waals surface area contributed by atoms with Gasteiger partial charge in [-0.25, -0.2) is 17.6 Å². The van der Waals surface area contributed by atoms with Gasteiger partial charge in [-0.3, -0.25) is 0 Å². The third-order valence-corrected chi connectivity index (χ3v) is 12.5. The van der Waals surface area contributed by atoms with Crippen molar-refractivity contribution < 1.29 is 17.6 Å². The molecule has 0 nitrogen and oxygen atoms in total. The summed E-state index contributed by atoms with van der Waals surface area (Å²) in [5.74, 6) is -2.41. The average molecular weight is 761 g/mol. The van der Waals surface area contributed by atoms with Crippen molar-refractivity contribution in [1.29, 1.82) is 0 Å². The molecule has 10 aromatic carbocycles. The van der Waals surface area contributed by atoms with E-state index in [1.54, 1.807) is 11.3 Å². The summed E-state index contributed by atoms with van der Waals surface area (Å²) >= 11 is 1.71. The topological polar surface area (TPSA) is 0 Å². The standard InChI is InChI=1S/C52H28F4S/c53-41-22-10-23-42(54)50(41)48-35-16-5-1-12-31(35)46(32-13-2-6-17-36(32)48)29-26-27-30-39-20-9-21-40(52(39)57-45(30)28-29)47-33-14-3-7-18-37(33)49(38-19-8-4-15-34(38)47)51-43(55)24-11-25-44(51)56/h1-28H. The molecule has 1 heterocycles. The van der Waals surface area contributed by atoms with Crippen molar-refractivity contribution in [2.24, 2.45) is 0 Å². The Labute approximate surface area is 328 Å². The Morgan fingerprint density at radius 3 is 1.09 bits per heavy atom. The summed E-state index contributed by atoms with van der Waals surface area (Å²) in [5, 5.41) is 8.92. The summed E-state index contributed by atoms with van der Waals surface area (Å²) in [6.07, 6.45) is 0. The Bertz CT molecular complexity index is 3320. The molecule has 0 N–H and O–H groups in total. The fourth-order valence-electron chi connectivity index (χ4n) is 9.02. The lowest BCUT2D eigenvalue weighted by Gasteiger charge is -2.18. The molecule has 0 saturated heterocycles. The third-order valence-electron chi connectivity index (χ3n) is 11.3. The van der Waals surface area contributed by atoms with E-state index in [0.29, 0.717) is 11.1 Å². The third kappa shape index (κ3) is 4.99. The van der Waals surface area contributed by atoms with Gasteiger partial charge in [0.1, 0.15) is 23.3 Å². The van der Waals surface area contributed by atoms with Crippen LogP contribution >= 0.6 is 11.3 Å². The highest BCUT2D eigenvalue weighted by Crippen LogP contribution is 2.50. The number of halogens is 4. The lowest BCUT2D eigenvalue weighted by molar-refractivity contribution is 0.589. The molecule has 270 valence electrons. The predicted molar refractivity (Wildman–Crippen MR) is 231 cm³/mol. The van der Waals surface area contributed by atoms with Crippen LogP contribution < -0.4 is 0 Å². The zero-order chi connectivity index (χ0) is 38.4. The molecule has 11 rings (SSSR count). The molecule has 0 saturated carbocycles. The van der Waals surface area contributed by atoms with Crippen molar-refractivity contribution in [3.05, 3.63) is 193 Å². The second kappa shape index (κ2) is 12.9. The predicted octanol–water partition coefficient (Wildman–Crippen LogP) is 15.9. The summed E-state index contributed by atoms with van der Waals surface area (Å²) in [6, 6.07) is 52.4. The van der Waals surface area contributed by atoms with Gasteiger partial charge in [-0.1, -0.05) is 140 Å². The molecule has 0 aliphatic heterocycles. The van der Waals surface area contributed by atoms with Crippen LogP contribution in [0, 0.1) is 23.3 Å². The van der Waals surface area contributed by atoms with E-state index in [1.807, 2.05) is 97.1 Å². The lowest BCUT2D eigenvalue weighted by atomic mass is 9.85. The van der Waals surface area contributed by atoms with E-state index >= 15 is 17.6 Å². The Hall–Kier alpha value is -6.82. The molecule has 11 aromatic rings. The Morgan fingerprint density at radius 1 is 0.281 bits per heavy atom. The molecule has 0 unspecified atom stereocenters. The van der Waals surface area contributed by atoms with Crippen LogP contribution in [-0.4, -0.2) is 0 Å². The van der Waals surface area contributed by atoms with Gasteiger partial charge in [0.15, 0.2) is 0 Å². The minimum Gasteiger partial charge on any atom is -0.206 e. The van der Waals surface area contributed by atoms with E-state index in [1.165, 1.54) is 36.4 Å². The van der Waals surface area contributed by atoms with E-state index in [2.05, 4.69) is 36.4 Å². The molecule has 0 atom stereocenters. The first-order valence-corrected chi connectivity index (χ1v) is 19.5. The van der Waals surface area contributed by atoms with Crippen molar-refractivity contribution in [2.75, 3.05) is 0 Å². The van der Waals surface area contributed by atoms with Crippen LogP contribution in [0.3, 0.4) is 0 Å². The maximum Gasteiger partial charge on any atom is 0.134 e. The van der Waals surface area contributed by atoms with Crippen LogP contribution in [0.4, 0.5) is 17.6 Å². The summed E-state index contributed by atoms with van der Waals surface area (Å²) in [6.45, 7) is 0. The van der Waals surface area contributed by atoms with Gasteiger partial charge >= 0.3 is 0 Å². The molecule has 0 amide bonds. The van der Waals surface area contributed by atoms with Gasteiger partial charge in [0.25, 0.3) is 0 Å². The second-order valence-corrected chi connectivity index (χ2v) is 15.4. The fraction of sp³-hybridized carbons (Fsp3) is 0. The van der Waals surface area contributed by atoms with Crippen molar-refractivity contribution in [1.82, 2.24) is 0 Å². The molecule has 0 aliphatic carbocycles. The van der Waals surface area contributed by atoms with Crippen molar-refractivity contribution in [3.8, 4) is 44.5 Å². The van der Waals surface area contributed by atoms with Crippen LogP contribution in [0.1, 0.15) is 0 Å². The van der Waals surface area contributed by atoms with E-state index in [4.69, 9.17) is 0 Å². The molecule has 0 radical (unpaired) electrons. The van der Waals surface area contributed by atoms with E-state index in [9.17, 15) is 0 Å². The average Bonchev–Trinajstić information content (AvgIpc) is 3.61. The summed E-state index contributed by atoms with van der Waals surface area (Å²) in [5.41, 5.74) is 5.05. The highest BCUT2D eigenvalue weighted by Gasteiger charge is 2.24. The first kappa shape index (κ1) is 33.5. The molecular formula is C52H28F4S. The van der Waals surface area contributed by atoms with Gasteiger partial charge in [0.2, 0.25) is 0 Å². The van der Waals surface area contributed by atoms with Crippen LogP contribution in [-0.2, 0) is 0 Å². The number of thiophene rings is 1. The van der Waals surface area contributed by atoms with Gasteiger partial charge in [0.05, 0.1) is 11.1 Å². The summed E-state index contributed by atoms with van der Waals surface area (Å²) in [7, 11) is 0. The van der Waals surface area contributed by atoms with E-state index in [-0.39, 0.29) is 11.1 Å². The Morgan fingerprint density at radius 2 is 0.649 bits per heavy atom. The van der Waals surface area contributed by atoms with Gasteiger partial charge in [-0.15, -0.1) is 11.3 Å². The number of fused-ring (bicyclic) bond motifs is 7. The smallest absolute Gasteiger partial charge is 0.134 e. The zero-order valence-electron chi connectivity index (χ0n) is 30.1. The zero-order valence-corrected chi connectivity index (χ0v) is 30.9. The van der Waals surface area contributed by atoms with E-state index < -0.39 is 23.3 Å². The van der Waals surface area contributed by atoms with Gasteiger partial charge < -0.3 is 0 Å². The molecule has 57 heavy (non-hydrogen) atoms. The van der Waals surface area contributed by atoms with Gasteiger partial charge in [-0.2, -0.15) is 0 Å². The first-order valence-electron chi connectivity index (χ1n) is 18.7. The minimum atomic E-state index is -0.602. The highest BCUT2D eigenvalue weighted by molar-refractivity contribution is 7.26. The van der Waals surface area contributed by atoms with Crippen LogP contribution in [0.2, 0.25) is 0 Å². The second-order valence-electron chi connectivity index (χ2n) is 14.4. The van der Waals surface area contributed by atoms with Crippen molar-refractivity contribution in [2.45, 2.75) is 0 Å². The highest BCUT2D eigenvalue weighted by atomic mass is 32.1. The molecule has 0 fully saturated rings. The Balaban J connectivity index is 1.18. The number of rotatable bonds is 4. The quantitative estimate of drug-likeness (QED) is 0.124. The van der Waals surface area contributed by atoms with E-state index in [0.717, 1.165) is 85.5 Å². The molecule has 0 spiro atoms. The summed E-state index contributed by atoms with van der Waals surface area (Å²) in [4.78, 5) is 0. The SMILES string of the molecule is Fc1cccc(F)c1-c1c2ccccc2c(-c2ccc3c(c2)sc2c(-c4c5ccccc5c(-c5c(F)cccc5F)c5ccccc45)cccc23)c2ccccc12. The molecule has 0 aliphatic rings. The number of hydrogen-bond donors (Lipinski definition) is 0. The summed E-state index contributed by atoms with van der Waals surface area (Å²) < 4.78 is 64.2. The molecular weight excluding hydrogens is 733 g/mol. The maximum atomic E-state index is 15.5. The van der Waals surface area contributed by atoms with Crippen molar-refractivity contribution >= 4 is 74.6 Å². The lowest BCUT2D eigenvalue weighted by Crippen LogP contribution is -1.95. The van der Waals surface area contributed by atoms with Gasteiger partial charge in [0, 0.05) is 36.9 Å². The first-order chi connectivity index (χ1) is 28.0. The largest absolute Gasteiger partial charge is 0.206 e. The normalized spacial score (nSPS) is 11.9. The van der Waals surface area contributed by atoms with Crippen LogP contribution in [0.15, 0.2) is 170 Å². The maximum absolute atomic E-state index is 15.5. The van der Waals surface area contributed by atoms with Gasteiger partial charge in [-0.05, 0) is 90.1 Å².